The van der Waals surface area contributed by atoms with Gasteiger partial charge in [-0.25, -0.2) is 0 Å². The van der Waals surface area contributed by atoms with Gasteiger partial charge in [0.2, 0.25) is 5.89 Å². The molecule has 3 atom stereocenters. The summed E-state index contributed by atoms with van der Waals surface area (Å²) >= 11 is 0. The van der Waals surface area contributed by atoms with Crippen LogP contribution in [0.25, 0.3) is 0 Å². The lowest BCUT2D eigenvalue weighted by molar-refractivity contribution is 0.146. The maximum absolute atomic E-state index is 9.45. The molecule has 0 spiro atoms. The van der Waals surface area contributed by atoms with Crippen molar-refractivity contribution in [1.82, 2.24) is 10.1 Å². The van der Waals surface area contributed by atoms with Crippen LogP contribution in [0.1, 0.15) is 48.1 Å². The van der Waals surface area contributed by atoms with Crippen molar-refractivity contribution in [3.63, 3.8) is 0 Å². The summed E-state index contributed by atoms with van der Waals surface area (Å²) in [6, 6.07) is 7.69. The van der Waals surface area contributed by atoms with Gasteiger partial charge in [0.1, 0.15) is 6.04 Å². The maximum atomic E-state index is 9.45. The van der Waals surface area contributed by atoms with E-state index in [0.29, 0.717) is 11.7 Å². The Kier molecular flexibility index (Phi) is 3.08. The van der Waals surface area contributed by atoms with Crippen molar-refractivity contribution < 1.29 is 9.63 Å². The second-order valence-electron chi connectivity index (χ2n) is 5.05. The van der Waals surface area contributed by atoms with Gasteiger partial charge in [0.05, 0.1) is 6.10 Å². The highest BCUT2D eigenvalue weighted by Crippen LogP contribution is 2.36. The predicted molar refractivity (Wildman–Crippen MR) is 69.5 cm³/mol. The molecule has 1 heterocycles. The molecule has 0 saturated carbocycles. The van der Waals surface area contributed by atoms with Crippen LogP contribution in [0.5, 0.6) is 0 Å². The lowest BCUT2D eigenvalue weighted by Gasteiger charge is -2.09. The summed E-state index contributed by atoms with van der Waals surface area (Å²) in [6.45, 7) is 1.61. The van der Waals surface area contributed by atoms with Crippen LogP contribution < -0.4 is 5.73 Å². The molecule has 5 nitrogen and oxygen atoms in total. The molecule has 3 rings (SSSR count). The van der Waals surface area contributed by atoms with Crippen molar-refractivity contribution in [3.05, 3.63) is 47.1 Å². The number of nitrogens with two attached hydrogens (primary N) is 1. The van der Waals surface area contributed by atoms with Gasteiger partial charge >= 0.3 is 0 Å². The van der Waals surface area contributed by atoms with Crippen LogP contribution in [-0.4, -0.2) is 21.4 Å². The van der Waals surface area contributed by atoms with E-state index in [1.54, 1.807) is 6.92 Å². The highest BCUT2D eigenvalue weighted by Gasteiger charge is 2.29. The fourth-order valence-corrected chi connectivity index (χ4v) is 2.56. The minimum atomic E-state index is -0.704. The maximum Gasteiger partial charge on any atom is 0.246 e. The molecule has 0 radical (unpaired) electrons. The molecule has 1 aliphatic rings. The summed E-state index contributed by atoms with van der Waals surface area (Å²) in [5.41, 5.74) is 8.41. The van der Waals surface area contributed by atoms with Crippen molar-refractivity contribution in [3.8, 4) is 0 Å². The van der Waals surface area contributed by atoms with Gasteiger partial charge in [0.15, 0.2) is 5.82 Å². The Labute approximate surface area is 111 Å². The molecule has 2 aromatic rings. The lowest BCUT2D eigenvalue weighted by atomic mass is 10.0. The molecule has 0 amide bonds. The molecule has 1 unspecified atom stereocenters. The number of benzene rings is 1. The molecule has 100 valence electrons. The minimum Gasteiger partial charge on any atom is -0.391 e. The number of fused-ring (bicyclic) bond motifs is 1. The SMILES string of the molecule is C[C@@H](O)[C@H](N)c1nc(C2CCc3ccccc32)no1. The third-order valence-corrected chi connectivity index (χ3v) is 3.71. The fraction of sp³-hybridized carbons (Fsp3) is 0.429. The van der Waals surface area contributed by atoms with E-state index in [9.17, 15) is 5.11 Å². The van der Waals surface area contributed by atoms with Crippen LogP contribution in [0.2, 0.25) is 0 Å². The number of hydrogen-bond acceptors (Lipinski definition) is 5. The Hall–Kier alpha value is -1.72. The lowest BCUT2D eigenvalue weighted by Crippen LogP contribution is -2.23. The molecule has 0 bridgehead atoms. The first-order chi connectivity index (χ1) is 9.16. The van der Waals surface area contributed by atoms with Crippen molar-refractivity contribution >= 4 is 0 Å². The molecule has 1 aromatic carbocycles. The van der Waals surface area contributed by atoms with Crippen LogP contribution in [0.15, 0.2) is 28.8 Å². The summed E-state index contributed by atoms with van der Waals surface area (Å²) in [5, 5.41) is 13.5. The molecule has 3 N–H and O–H groups in total. The Morgan fingerprint density at radius 1 is 1.42 bits per heavy atom. The van der Waals surface area contributed by atoms with Gasteiger partial charge in [0.25, 0.3) is 0 Å². The van der Waals surface area contributed by atoms with Crippen LogP contribution in [0.4, 0.5) is 0 Å². The van der Waals surface area contributed by atoms with Crippen molar-refractivity contribution in [1.29, 1.82) is 0 Å². The van der Waals surface area contributed by atoms with Crippen molar-refractivity contribution in [2.75, 3.05) is 0 Å². The Morgan fingerprint density at radius 2 is 2.21 bits per heavy atom. The topological polar surface area (TPSA) is 85.2 Å². The minimum absolute atomic E-state index is 0.176. The first kappa shape index (κ1) is 12.3. The van der Waals surface area contributed by atoms with Gasteiger partial charge in [-0.3, -0.25) is 0 Å². The number of rotatable bonds is 3. The molecule has 1 aromatic heterocycles. The van der Waals surface area contributed by atoms with Gasteiger partial charge in [-0.2, -0.15) is 4.98 Å². The van der Waals surface area contributed by atoms with Gasteiger partial charge in [0, 0.05) is 5.92 Å². The Morgan fingerprint density at radius 3 is 3.00 bits per heavy atom. The molecular weight excluding hydrogens is 242 g/mol. The van der Waals surface area contributed by atoms with Gasteiger partial charge in [-0.05, 0) is 30.9 Å². The van der Waals surface area contributed by atoms with Gasteiger partial charge in [-0.1, -0.05) is 29.4 Å². The summed E-state index contributed by atoms with van der Waals surface area (Å²) < 4.78 is 5.17. The van der Waals surface area contributed by atoms with E-state index < -0.39 is 12.1 Å². The fourth-order valence-electron chi connectivity index (χ4n) is 2.56. The zero-order chi connectivity index (χ0) is 13.4. The average Bonchev–Trinajstić information content (AvgIpc) is 3.03. The van der Waals surface area contributed by atoms with E-state index in [1.807, 2.05) is 12.1 Å². The van der Waals surface area contributed by atoms with Crippen molar-refractivity contribution in [2.24, 2.45) is 5.73 Å². The largest absolute Gasteiger partial charge is 0.391 e. The summed E-state index contributed by atoms with van der Waals surface area (Å²) in [7, 11) is 0. The summed E-state index contributed by atoms with van der Waals surface area (Å²) in [4.78, 5) is 4.35. The number of nitrogens with zero attached hydrogens (tertiary/aromatic N) is 2. The summed E-state index contributed by atoms with van der Waals surface area (Å²) in [5.74, 6) is 1.14. The van der Waals surface area contributed by atoms with Crippen LogP contribution in [0.3, 0.4) is 0 Å². The Bertz CT molecular complexity index is 580. The van der Waals surface area contributed by atoms with E-state index in [4.69, 9.17) is 10.3 Å². The van der Waals surface area contributed by atoms with Crippen LogP contribution in [-0.2, 0) is 6.42 Å². The third kappa shape index (κ3) is 2.15. The highest BCUT2D eigenvalue weighted by atomic mass is 16.5. The van der Waals surface area contributed by atoms with Crippen LogP contribution >= 0.6 is 0 Å². The molecule has 0 saturated heterocycles. The quantitative estimate of drug-likeness (QED) is 0.873. The second kappa shape index (κ2) is 4.75. The monoisotopic (exact) mass is 259 g/mol. The molecule has 1 aliphatic carbocycles. The zero-order valence-electron chi connectivity index (χ0n) is 10.8. The zero-order valence-corrected chi connectivity index (χ0v) is 10.8. The molecule has 5 heteroatoms. The first-order valence-electron chi connectivity index (χ1n) is 6.51. The number of aliphatic hydroxyl groups is 1. The average molecular weight is 259 g/mol. The second-order valence-corrected chi connectivity index (χ2v) is 5.05. The standard InChI is InChI=1S/C14H17N3O2/c1-8(18)12(15)14-16-13(17-19-14)11-7-6-9-4-2-3-5-10(9)11/h2-5,8,11-12,18H,6-7,15H2,1H3/t8-,11?,12+/m1/s1. The molecular formula is C14H17N3O2. The number of aryl methyl sites for hydroxylation is 1. The number of aromatic nitrogens is 2. The third-order valence-electron chi connectivity index (χ3n) is 3.71. The van der Waals surface area contributed by atoms with E-state index in [-0.39, 0.29) is 5.92 Å². The van der Waals surface area contributed by atoms with Crippen LogP contribution in [0, 0.1) is 0 Å². The van der Waals surface area contributed by atoms with Gasteiger partial charge < -0.3 is 15.4 Å². The highest BCUT2D eigenvalue weighted by molar-refractivity contribution is 5.38. The molecule has 0 aliphatic heterocycles. The van der Waals surface area contributed by atoms with E-state index in [2.05, 4.69) is 22.3 Å². The van der Waals surface area contributed by atoms with E-state index >= 15 is 0 Å². The van der Waals surface area contributed by atoms with Gasteiger partial charge in [-0.15, -0.1) is 0 Å². The van der Waals surface area contributed by atoms with E-state index in [1.165, 1.54) is 11.1 Å². The smallest absolute Gasteiger partial charge is 0.246 e. The Balaban J connectivity index is 1.89. The number of hydrogen-bond donors (Lipinski definition) is 2. The predicted octanol–water partition coefficient (Wildman–Crippen LogP) is 1.53. The van der Waals surface area contributed by atoms with Crippen molar-refractivity contribution in [2.45, 2.75) is 37.8 Å². The number of aliphatic hydroxyl groups excluding tert-OH is 1. The molecule has 0 fully saturated rings. The molecule has 19 heavy (non-hydrogen) atoms. The van der Waals surface area contributed by atoms with E-state index in [0.717, 1.165) is 12.8 Å². The summed E-state index contributed by atoms with van der Waals surface area (Å²) in [6.07, 6.45) is 1.32. The first-order valence-corrected chi connectivity index (χ1v) is 6.51. The normalized spacial score (nSPS) is 21.1.